The molecule has 0 bridgehead atoms. The Kier molecular flexibility index (Phi) is 8.27. The van der Waals surface area contributed by atoms with Gasteiger partial charge < -0.3 is 19.9 Å². The number of carbonyl (C=O) groups is 3. The van der Waals surface area contributed by atoms with Gasteiger partial charge in [-0.3, -0.25) is 14.4 Å². The van der Waals surface area contributed by atoms with Crippen LogP contribution < -0.4 is 5.32 Å². The highest BCUT2D eigenvalue weighted by molar-refractivity contribution is 7.99. The average molecular weight is 528 g/mol. The van der Waals surface area contributed by atoms with Crippen LogP contribution in [0.2, 0.25) is 0 Å². The summed E-state index contributed by atoms with van der Waals surface area (Å²) in [6.07, 6.45) is 8.68. The Bertz CT molecular complexity index is 987. The fourth-order valence-electron chi connectivity index (χ4n) is 6.44. The number of Topliss-reactive ketones (excluding diaryl/α,β-unsaturated/α-hetero) is 1. The van der Waals surface area contributed by atoms with Gasteiger partial charge in [0.1, 0.15) is 18.7 Å². The van der Waals surface area contributed by atoms with E-state index < -0.39 is 12.1 Å². The van der Waals surface area contributed by atoms with Gasteiger partial charge in [0.05, 0.1) is 11.4 Å². The zero-order valence-corrected chi connectivity index (χ0v) is 23.2. The number of carbonyl (C=O) groups excluding carboxylic acids is 3. The molecule has 37 heavy (non-hydrogen) atoms. The Morgan fingerprint density at radius 3 is 2.41 bits per heavy atom. The second-order valence-electron chi connectivity index (χ2n) is 11.6. The highest BCUT2D eigenvalue weighted by atomic mass is 32.2. The summed E-state index contributed by atoms with van der Waals surface area (Å²) in [5, 5.41) is 3.08. The van der Waals surface area contributed by atoms with E-state index in [1.54, 1.807) is 16.7 Å². The number of hydrogen-bond acceptors (Lipinski definition) is 6. The van der Waals surface area contributed by atoms with Gasteiger partial charge in [-0.05, 0) is 81.0 Å². The second-order valence-corrected chi connectivity index (χ2v) is 12.7. The standard InChI is InChI=1S/C29H41N3O4S/c1-18(2)15-23(29(35)32-16-25(37-3)27-26(32)24(33)17-36-27)30-28(34)21-9-7-19(8-10-21)20-11-13-31(14-12-20)22-5-4-6-22/h7-10,18,20,22-23,25-27H,4-6,11-17H2,1-3H3,(H,30,34)/t23-,25-,26+,27+/m0/s1. The Hall–Kier alpha value is -1.90. The van der Waals surface area contributed by atoms with Crippen LogP contribution in [0.1, 0.15) is 74.2 Å². The van der Waals surface area contributed by atoms with E-state index in [-0.39, 0.29) is 41.5 Å². The number of ether oxygens (including phenoxy) is 1. The smallest absolute Gasteiger partial charge is 0.251 e. The molecule has 0 aromatic heterocycles. The van der Waals surface area contributed by atoms with Gasteiger partial charge in [0.25, 0.3) is 5.91 Å². The van der Waals surface area contributed by atoms with E-state index in [0.29, 0.717) is 24.4 Å². The minimum atomic E-state index is -0.669. The monoisotopic (exact) mass is 527 g/mol. The maximum atomic E-state index is 13.6. The number of hydrogen-bond donors (Lipinski definition) is 1. The summed E-state index contributed by atoms with van der Waals surface area (Å²) in [7, 11) is 0. The van der Waals surface area contributed by atoms with E-state index in [4.69, 9.17) is 4.74 Å². The SMILES string of the molecule is CS[C@H]1CN(C(=O)[C@H](CC(C)C)NC(=O)c2ccc(C3CCN(C4CCC4)CC3)cc2)[C@@H]2C(=O)CO[C@H]12. The van der Waals surface area contributed by atoms with Crippen LogP contribution >= 0.6 is 11.8 Å². The molecule has 1 saturated carbocycles. The molecule has 8 heteroatoms. The van der Waals surface area contributed by atoms with Gasteiger partial charge in [-0.1, -0.05) is 32.4 Å². The molecule has 3 heterocycles. The Labute approximate surface area is 225 Å². The van der Waals surface area contributed by atoms with E-state index in [2.05, 4.69) is 22.3 Å². The molecule has 1 aromatic carbocycles. The summed E-state index contributed by atoms with van der Waals surface area (Å²) >= 11 is 1.63. The second kappa shape index (κ2) is 11.5. The Morgan fingerprint density at radius 1 is 1.11 bits per heavy atom. The Morgan fingerprint density at radius 2 is 1.81 bits per heavy atom. The van der Waals surface area contributed by atoms with Gasteiger partial charge >= 0.3 is 0 Å². The molecule has 202 valence electrons. The average Bonchev–Trinajstić information content (AvgIpc) is 3.43. The van der Waals surface area contributed by atoms with E-state index in [1.807, 2.05) is 32.2 Å². The van der Waals surface area contributed by atoms with E-state index in [1.165, 1.54) is 50.8 Å². The molecule has 1 aromatic rings. The lowest BCUT2D eigenvalue weighted by molar-refractivity contribution is -0.138. The van der Waals surface area contributed by atoms with Crippen LogP contribution in [-0.4, -0.2) is 89.4 Å². The molecule has 4 atom stereocenters. The van der Waals surface area contributed by atoms with Crippen LogP contribution in [-0.2, 0) is 14.3 Å². The van der Waals surface area contributed by atoms with E-state index >= 15 is 0 Å². The van der Waals surface area contributed by atoms with Crippen molar-refractivity contribution >= 4 is 29.4 Å². The number of piperidine rings is 1. The van der Waals surface area contributed by atoms with Crippen molar-refractivity contribution in [1.82, 2.24) is 15.1 Å². The first-order valence-corrected chi connectivity index (χ1v) is 15.3. The number of nitrogens with zero attached hydrogens (tertiary/aromatic N) is 2. The molecule has 2 amide bonds. The van der Waals surface area contributed by atoms with Crippen molar-refractivity contribution < 1.29 is 19.1 Å². The largest absolute Gasteiger partial charge is 0.367 e. The van der Waals surface area contributed by atoms with Gasteiger partial charge in [-0.15, -0.1) is 0 Å². The number of amides is 2. The van der Waals surface area contributed by atoms with Gasteiger partial charge in [0.15, 0.2) is 5.78 Å². The van der Waals surface area contributed by atoms with Crippen LogP contribution in [0.3, 0.4) is 0 Å². The molecule has 4 aliphatic rings. The first kappa shape index (κ1) is 26.7. The zero-order valence-electron chi connectivity index (χ0n) is 22.4. The predicted molar refractivity (Wildman–Crippen MR) is 146 cm³/mol. The molecule has 7 nitrogen and oxygen atoms in total. The van der Waals surface area contributed by atoms with Crippen molar-refractivity contribution in [3.05, 3.63) is 35.4 Å². The molecular formula is C29H41N3O4S. The van der Waals surface area contributed by atoms with Crippen LogP contribution in [0, 0.1) is 5.92 Å². The topological polar surface area (TPSA) is 79.0 Å². The van der Waals surface area contributed by atoms with Gasteiger partial charge in [0, 0.05) is 18.2 Å². The van der Waals surface area contributed by atoms with Gasteiger partial charge in [0.2, 0.25) is 5.91 Å². The van der Waals surface area contributed by atoms with E-state index in [0.717, 1.165) is 6.04 Å². The fourth-order valence-corrected chi connectivity index (χ4v) is 7.24. The van der Waals surface area contributed by atoms with Crippen LogP contribution in [0.15, 0.2) is 24.3 Å². The minimum absolute atomic E-state index is 0.0429. The summed E-state index contributed by atoms with van der Waals surface area (Å²) in [5.74, 6) is 0.299. The van der Waals surface area contributed by atoms with Gasteiger partial charge in [-0.2, -0.15) is 11.8 Å². The molecule has 1 aliphatic carbocycles. The van der Waals surface area contributed by atoms with Crippen LogP contribution in [0.4, 0.5) is 0 Å². The molecule has 4 fully saturated rings. The van der Waals surface area contributed by atoms with Crippen molar-refractivity contribution in [1.29, 1.82) is 0 Å². The number of thioether (sulfide) groups is 1. The fraction of sp³-hybridized carbons (Fsp3) is 0.690. The number of benzene rings is 1. The third-order valence-electron chi connectivity index (χ3n) is 8.80. The summed E-state index contributed by atoms with van der Waals surface area (Å²) < 4.78 is 5.72. The Balaban J connectivity index is 1.22. The zero-order chi connectivity index (χ0) is 26.1. The number of nitrogens with one attached hydrogen (secondary N) is 1. The predicted octanol–water partition coefficient (Wildman–Crippen LogP) is 3.47. The lowest BCUT2D eigenvalue weighted by atomic mass is 9.85. The summed E-state index contributed by atoms with van der Waals surface area (Å²) in [6.45, 7) is 6.94. The quantitative estimate of drug-likeness (QED) is 0.558. The van der Waals surface area contributed by atoms with Crippen molar-refractivity contribution in [3.8, 4) is 0 Å². The highest BCUT2D eigenvalue weighted by Crippen LogP contribution is 2.35. The molecule has 3 aliphatic heterocycles. The maximum absolute atomic E-state index is 13.6. The lowest BCUT2D eigenvalue weighted by Gasteiger charge is -2.42. The summed E-state index contributed by atoms with van der Waals surface area (Å²) in [4.78, 5) is 43.7. The maximum Gasteiger partial charge on any atom is 0.251 e. The minimum Gasteiger partial charge on any atom is -0.367 e. The summed E-state index contributed by atoms with van der Waals surface area (Å²) in [6, 6.07) is 7.56. The number of likely N-dealkylation sites (tertiary alicyclic amines) is 2. The van der Waals surface area contributed by atoms with Gasteiger partial charge in [-0.25, -0.2) is 0 Å². The van der Waals surface area contributed by atoms with Crippen LogP contribution in [0.5, 0.6) is 0 Å². The van der Waals surface area contributed by atoms with Crippen molar-refractivity contribution in [2.75, 3.05) is 32.5 Å². The molecule has 0 radical (unpaired) electrons. The molecule has 0 spiro atoms. The van der Waals surface area contributed by atoms with Crippen molar-refractivity contribution in [3.63, 3.8) is 0 Å². The van der Waals surface area contributed by atoms with Crippen LogP contribution in [0.25, 0.3) is 0 Å². The van der Waals surface area contributed by atoms with Crippen molar-refractivity contribution in [2.24, 2.45) is 5.92 Å². The first-order valence-electron chi connectivity index (χ1n) is 14.0. The third kappa shape index (κ3) is 5.62. The van der Waals surface area contributed by atoms with Crippen molar-refractivity contribution in [2.45, 2.75) is 87.8 Å². The molecule has 5 rings (SSSR count). The number of fused-ring (bicyclic) bond motifs is 1. The normalized spacial score (nSPS) is 27.8. The van der Waals surface area contributed by atoms with E-state index in [9.17, 15) is 14.4 Å². The molecular weight excluding hydrogens is 486 g/mol. The number of ketones is 1. The third-order valence-corrected chi connectivity index (χ3v) is 9.82. The summed E-state index contributed by atoms with van der Waals surface area (Å²) in [5.41, 5.74) is 1.87. The number of rotatable bonds is 8. The molecule has 3 saturated heterocycles. The molecule has 1 N–H and O–H groups in total. The first-order chi connectivity index (χ1) is 17.9. The molecule has 0 unspecified atom stereocenters. The lowest BCUT2D eigenvalue weighted by Crippen LogP contribution is -2.52. The highest BCUT2D eigenvalue weighted by Gasteiger charge is 2.53.